The van der Waals surface area contributed by atoms with E-state index in [0.29, 0.717) is 37.1 Å². The summed E-state index contributed by atoms with van der Waals surface area (Å²) in [6.07, 6.45) is 7.52. The van der Waals surface area contributed by atoms with E-state index in [1.54, 1.807) is 11.9 Å². The highest BCUT2D eigenvalue weighted by Crippen LogP contribution is 2.20. The Morgan fingerprint density at radius 1 is 1.33 bits per heavy atom. The van der Waals surface area contributed by atoms with Gasteiger partial charge in [0, 0.05) is 20.0 Å². The fourth-order valence-electron chi connectivity index (χ4n) is 2.14. The fraction of sp³-hybridized carbons (Fsp3) is 0.846. The Labute approximate surface area is 115 Å². The average Bonchev–Trinajstić information content (AvgIpc) is 2.37. The zero-order valence-corrected chi connectivity index (χ0v) is 12.0. The molecule has 1 aliphatic rings. The molecule has 0 heterocycles. The molecular weight excluding hydrogens is 248 g/mol. The zero-order chi connectivity index (χ0) is 13.4. The third kappa shape index (κ3) is 6.31. The van der Waals surface area contributed by atoms with E-state index in [1.807, 2.05) is 0 Å². The first-order valence-corrected chi connectivity index (χ1v) is 7.14. The summed E-state index contributed by atoms with van der Waals surface area (Å²) in [6, 6.07) is 0. The van der Waals surface area contributed by atoms with Crippen molar-refractivity contribution < 1.29 is 9.53 Å². The fourth-order valence-corrected chi connectivity index (χ4v) is 2.23. The number of ether oxygens (including phenoxy) is 1. The summed E-state index contributed by atoms with van der Waals surface area (Å²) in [5, 5.41) is 0. The molecule has 1 amide bonds. The van der Waals surface area contributed by atoms with Crippen LogP contribution in [0.15, 0.2) is 0 Å². The molecule has 0 atom stereocenters. The first kappa shape index (κ1) is 15.4. The normalized spacial score (nSPS) is 16.5. The van der Waals surface area contributed by atoms with E-state index in [0.717, 1.165) is 12.8 Å². The van der Waals surface area contributed by atoms with Crippen molar-refractivity contribution >= 4 is 23.1 Å². The van der Waals surface area contributed by atoms with Gasteiger partial charge in [0.05, 0.1) is 24.1 Å². The van der Waals surface area contributed by atoms with E-state index in [-0.39, 0.29) is 5.91 Å². The SMILES string of the molecule is CN(CCC(N)=S)C(=O)CCOC1CCCCC1. The molecular formula is C13H24N2O2S. The smallest absolute Gasteiger partial charge is 0.224 e. The quantitative estimate of drug-likeness (QED) is 0.719. The van der Waals surface area contributed by atoms with Crippen molar-refractivity contribution in [3.8, 4) is 0 Å². The van der Waals surface area contributed by atoms with Gasteiger partial charge in [0.2, 0.25) is 5.91 Å². The van der Waals surface area contributed by atoms with E-state index in [4.69, 9.17) is 22.7 Å². The monoisotopic (exact) mass is 272 g/mol. The summed E-state index contributed by atoms with van der Waals surface area (Å²) in [4.78, 5) is 13.9. The number of amides is 1. The Morgan fingerprint density at radius 2 is 2.00 bits per heavy atom. The van der Waals surface area contributed by atoms with Crippen molar-refractivity contribution in [3.05, 3.63) is 0 Å². The molecule has 0 saturated heterocycles. The number of rotatable bonds is 7. The number of nitrogens with zero attached hydrogens (tertiary/aromatic N) is 1. The number of carbonyl (C=O) groups excluding carboxylic acids is 1. The number of hydrogen-bond acceptors (Lipinski definition) is 3. The maximum Gasteiger partial charge on any atom is 0.224 e. The van der Waals surface area contributed by atoms with Gasteiger partial charge in [-0.25, -0.2) is 0 Å². The first-order valence-electron chi connectivity index (χ1n) is 6.73. The number of thiocarbonyl (C=S) groups is 1. The molecule has 0 unspecified atom stereocenters. The Morgan fingerprint density at radius 3 is 2.61 bits per heavy atom. The molecule has 2 N–H and O–H groups in total. The highest BCUT2D eigenvalue weighted by molar-refractivity contribution is 7.80. The predicted octanol–water partition coefficient (Wildman–Crippen LogP) is 1.86. The number of hydrogen-bond donors (Lipinski definition) is 1. The summed E-state index contributed by atoms with van der Waals surface area (Å²) in [7, 11) is 1.78. The summed E-state index contributed by atoms with van der Waals surface area (Å²) in [5.41, 5.74) is 5.41. The maximum atomic E-state index is 11.8. The van der Waals surface area contributed by atoms with E-state index in [1.165, 1.54) is 19.3 Å². The molecule has 0 spiro atoms. The van der Waals surface area contributed by atoms with Crippen LogP contribution in [0.4, 0.5) is 0 Å². The first-order chi connectivity index (χ1) is 8.59. The van der Waals surface area contributed by atoms with Gasteiger partial charge in [0.15, 0.2) is 0 Å². The summed E-state index contributed by atoms with van der Waals surface area (Å²) in [5.74, 6) is 0.0991. The third-order valence-corrected chi connectivity index (χ3v) is 3.55. The molecule has 0 aromatic rings. The molecule has 104 valence electrons. The Balaban J connectivity index is 2.09. The molecule has 18 heavy (non-hydrogen) atoms. The van der Waals surface area contributed by atoms with Crippen LogP contribution in [0.2, 0.25) is 0 Å². The lowest BCUT2D eigenvalue weighted by atomic mass is 9.98. The molecule has 1 rings (SSSR count). The summed E-state index contributed by atoms with van der Waals surface area (Å²) >= 11 is 4.79. The Kier molecular flexibility index (Phi) is 7.20. The molecule has 1 fully saturated rings. The molecule has 1 aliphatic carbocycles. The van der Waals surface area contributed by atoms with Gasteiger partial charge in [0.25, 0.3) is 0 Å². The number of nitrogens with two attached hydrogens (primary N) is 1. The Bertz CT molecular complexity index is 278. The number of carbonyl (C=O) groups is 1. The minimum atomic E-state index is 0.0991. The van der Waals surface area contributed by atoms with E-state index < -0.39 is 0 Å². The minimum absolute atomic E-state index is 0.0991. The van der Waals surface area contributed by atoms with Crippen LogP contribution in [-0.2, 0) is 9.53 Å². The van der Waals surface area contributed by atoms with E-state index in [2.05, 4.69) is 0 Å². The lowest BCUT2D eigenvalue weighted by Crippen LogP contribution is -2.31. The second kappa shape index (κ2) is 8.43. The predicted molar refractivity (Wildman–Crippen MR) is 76.5 cm³/mol. The lowest BCUT2D eigenvalue weighted by molar-refractivity contribution is -0.131. The second-order valence-electron chi connectivity index (χ2n) is 4.91. The molecule has 0 aliphatic heterocycles. The molecule has 0 aromatic heterocycles. The highest BCUT2D eigenvalue weighted by Gasteiger charge is 2.15. The van der Waals surface area contributed by atoms with Gasteiger partial charge < -0.3 is 15.4 Å². The van der Waals surface area contributed by atoms with Crippen LogP contribution < -0.4 is 5.73 Å². The van der Waals surface area contributed by atoms with Crippen LogP contribution in [0.25, 0.3) is 0 Å². The molecule has 0 bridgehead atoms. The summed E-state index contributed by atoms with van der Waals surface area (Å²) in [6.45, 7) is 1.12. The van der Waals surface area contributed by atoms with Gasteiger partial charge in [0.1, 0.15) is 0 Å². The van der Waals surface area contributed by atoms with Crippen LogP contribution in [0, 0.1) is 0 Å². The topological polar surface area (TPSA) is 55.6 Å². The molecule has 0 radical (unpaired) electrons. The van der Waals surface area contributed by atoms with Crippen molar-refractivity contribution in [1.82, 2.24) is 4.90 Å². The van der Waals surface area contributed by atoms with Crippen molar-refractivity contribution in [2.24, 2.45) is 5.73 Å². The molecule has 5 heteroatoms. The largest absolute Gasteiger partial charge is 0.393 e. The zero-order valence-electron chi connectivity index (χ0n) is 11.2. The van der Waals surface area contributed by atoms with E-state index >= 15 is 0 Å². The van der Waals surface area contributed by atoms with Crippen molar-refractivity contribution in [2.75, 3.05) is 20.2 Å². The average molecular weight is 272 g/mol. The van der Waals surface area contributed by atoms with Crippen LogP contribution in [-0.4, -0.2) is 42.1 Å². The van der Waals surface area contributed by atoms with Crippen LogP contribution in [0.3, 0.4) is 0 Å². The van der Waals surface area contributed by atoms with Gasteiger partial charge in [-0.3, -0.25) is 4.79 Å². The molecule has 4 nitrogen and oxygen atoms in total. The Hall–Kier alpha value is -0.680. The van der Waals surface area contributed by atoms with Crippen molar-refractivity contribution in [2.45, 2.75) is 51.0 Å². The van der Waals surface area contributed by atoms with Gasteiger partial charge in [-0.2, -0.15) is 0 Å². The van der Waals surface area contributed by atoms with Gasteiger partial charge in [-0.1, -0.05) is 31.5 Å². The van der Waals surface area contributed by atoms with Gasteiger partial charge in [-0.05, 0) is 12.8 Å². The van der Waals surface area contributed by atoms with Gasteiger partial charge in [-0.15, -0.1) is 0 Å². The minimum Gasteiger partial charge on any atom is -0.393 e. The van der Waals surface area contributed by atoms with Crippen LogP contribution >= 0.6 is 12.2 Å². The molecule has 1 saturated carbocycles. The van der Waals surface area contributed by atoms with Gasteiger partial charge >= 0.3 is 0 Å². The molecule has 0 aromatic carbocycles. The van der Waals surface area contributed by atoms with Crippen molar-refractivity contribution in [1.29, 1.82) is 0 Å². The van der Waals surface area contributed by atoms with Crippen molar-refractivity contribution in [3.63, 3.8) is 0 Å². The van der Waals surface area contributed by atoms with Crippen LogP contribution in [0.1, 0.15) is 44.9 Å². The lowest BCUT2D eigenvalue weighted by Gasteiger charge is -2.22. The second-order valence-corrected chi connectivity index (χ2v) is 5.44. The standard InChI is InChI=1S/C13H24N2O2S/c1-15(9-7-12(14)18)13(16)8-10-17-11-5-3-2-4-6-11/h11H,2-10H2,1H3,(H2,14,18). The summed E-state index contributed by atoms with van der Waals surface area (Å²) < 4.78 is 5.73. The maximum absolute atomic E-state index is 11.8. The van der Waals surface area contributed by atoms with E-state index in [9.17, 15) is 4.79 Å². The third-order valence-electron chi connectivity index (χ3n) is 3.34. The van der Waals surface area contributed by atoms with Crippen LogP contribution in [0.5, 0.6) is 0 Å². The highest BCUT2D eigenvalue weighted by atomic mass is 32.1.